The number of ketones is 1. The molecular formula is C16H14O3S. The number of ether oxygens (including phenoxy) is 1. The van der Waals surface area contributed by atoms with Crippen LogP contribution in [0.4, 0.5) is 0 Å². The summed E-state index contributed by atoms with van der Waals surface area (Å²) in [6.07, 6.45) is 0. The summed E-state index contributed by atoms with van der Waals surface area (Å²) in [5.74, 6) is 0.682. The number of benzene rings is 2. The summed E-state index contributed by atoms with van der Waals surface area (Å²) >= 11 is 1.02. The molecule has 20 heavy (non-hydrogen) atoms. The molecule has 0 unspecified atom stereocenters. The maximum Gasteiger partial charge on any atom is 0.260 e. The van der Waals surface area contributed by atoms with Gasteiger partial charge in [0.1, 0.15) is 5.75 Å². The number of hydrogen-bond donors (Lipinski definition) is 0. The van der Waals surface area contributed by atoms with E-state index in [1.807, 2.05) is 30.3 Å². The van der Waals surface area contributed by atoms with Crippen LogP contribution in [0.3, 0.4) is 0 Å². The van der Waals surface area contributed by atoms with E-state index >= 15 is 0 Å². The highest BCUT2D eigenvalue weighted by molar-refractivity contribution is 8.14. The predicted molar refractivity (Wildman–Crippen MR) is 80.1 cm³/mol. The van der Waals surface area contributed by atoms with Crippen molar-refractivity contribution in [2.24, 2.45) is 0 Å². The maximum absolute atomic E-state index is 12.0. The fraction of sp³-hybridized carbons (Fsp3) is 0.125. The van der Waals surface area contributed by atoms with Crippen LogP contribution in [0.1, 0.15) is 15.9 Å². The Morgan fingerprint density at radius 3 is 2.25 bits per heavy atom. The second-order valence-electron chi connectivity index (χ2n) is 4.12. The first kappa shape index (κ1) is 14.3. The van der Waals surface area contributed by atoms with Gasteiger partial charge in [-0.15, -0.1) is 0 Å². The molecule has 3 nitrogen and oxygen atoms in total. The Morgan fingerprint density at radius 2 is 1.65 bits per heavy atom. The molecule has 0 amide bonds. The van der Waals surface area contributed by atoms with Crippen molar-refractivity contribution in [1.29, 1.82) is 0 Å². The van der Waals surface area contributed by atoms with Crippen LogP contribution in [0.5, 0.6) is 5.75 Å². The number of thioether (sulfide) groups is 1. The molecule has 102 valence electrons. The zero-order valence-corrected chi connectivity index (χ0v) is 11.9. The lowest BCUT2D eigenvalue weighted by Gasteiger charge is -2.03. The summed E-state index contributed by atoms with van der Waals surface area (Å²) in [7, 11) is 1.55. The average Bonchev–Trinajstić information content (AvgIpc) is 2.53. The van der Waals surface area contributed by atoms with Gasteiger partial charge in [0.15, 0.2) is 0 Å². The van der Waals surface area contributed by atoms with E-state index in [2.05, 4.69) is 0 Å². The largest absolute Gasteiger partial charge is 0.497 e. The van der Waals surface area contributed by atoms with Gasteiger partial charge in [-0.1, -0.05) is 42.1 Å². The van der Waals surface area contributed by atoms with Crippen molar-refractivity contribution in [2.75, 3.05) is 7.11 Å². The molecule has 0 aromatic heterocycles. The smallest absolute Gasteiger partial charge is 0.260 e. The fourth-order valence-electron chi connectivity index (χ4n) is 1.65. The minimum atomic E-state index is -0.478. The minimum Gasteiger partial charge on any atom is -0.497 e. The Labute approximate surface area is 122 Å². The van der Waals surface area contributed by atoms with Crippen LogP contribution in [0.2, 0.25) is 0 Å². The Kier molecular flexibility index (Phi) is 4.96. The van der Waals surface area contributed by atoms with Crippen LogP contribution in [-0.2, 0) is 10.5 Å². The molecule has 0 heterocycles. The first-order chi connectivity index (χ1) is 9.70. The van der Waals surface area contributed by atoms with Crippen molar-refractivity contribution in [2.45, 2.75) is 5.75 Å². The van der Waals surface area contributed by atoms with Gasteiger partial charge in [0.25, 0.3) is 5.12 Å². The van der Waals surface area contributed by atoms with E-state index in [4.69, 9.17) is 4.74 Å². The number of Topliss-reactive ketones (excluding diaryl/α,β-unsaturated/α-hetero) is 1. The van der Waals surface area contributed by atoms with E-state index in [1.54, 1.807) is 31.4 Å². The molecule has 0 aliphatic carbocycles. The first-order valence-corrected chi connectivity index (χ1v) is 7.08. The molecule has 0 spiro atoms. The molecule has 0 radical (unpaired) electrons. The molecule has 0 bridgehead atoms. The highest BCUT2D eigenvalue weighted by atomic mass is 32.2. The fourth-order valence-corrected chi connectivity index (χ4v) is 2.39. The second-order valence-corrected chi connectivity index (χ2v) is 5.07. The van der Waals surface area contributed by atoms with E-state index in [1.165, 1.54) is 0 Å². The first-order valence-electron chi connectivity index (χ1n) is 6.10. The summed E-state index contributed by atoms with van der Waals surface area (Å²) in [4.78, 5) is 23.8. The molecule has 4 heteroatoms. The van der Waals surface area contributed by atoms with Gasteiger partial charge in [0, 0.05) is 11.3 Å². The lowest BCUT2D eigenvalue weighted by Crippen LogP contribution is -2.10. The lowest BCUT2D eigenvalue weighted by molar-refractivity contribution is -0.107. The van der Waals surface area contributed by atoms with Gasteiger partial charge in [-0.3, -0.25) is 9.59 Å². The molecule has 0 saturated heterocycles. The molecule has 2 aromatic rings. The third-order valence-corrected chi connectivity index (χ3v) is 3.68. The minimum absolute atomic E-state index is 0.386. The van der Waals surface area contributed by atoms with Gasteiger partial charge >= 0.3 is 0 Å². The predicted octanol–water partition coefficient (Wildman–Crippen LogP) is 3.34. The zero-order chi connectivity index (χ0) is 14.4. The molecule has 0 saturated carbocycles. The van der Waals surface area contributed by atoms with Crippen molar-refractivity contribution in [3.05, 3.63) is 65.7 Å². The van der Waals surface area contributed by atoms with Crippen LogP contribution in [0.15, 0.2) is 54.6 Å². The van der Waals surface area contributed by atoms with E-state index in [0.29, 0.717) is 17.1 Å². The highest BCUT2D eigenvalue weighted by Crippen LogP contribution is 2.17. The lowest BCUT2D eigenvalue weighted by atomic mass is 10.1. The van der Waals surface area contributed by atoms with Crippen molar-refractivity contribution < 1.29 is 14.3 Å². The summed E-state index contributed by atoms with van der Waals surface area (Å²) in [6.45, 7) is 0. The molecule has 0 fully saturated rings. The standard InChI is InChI=1S/C16H14O3S/c1-19-14-9-7-13(8-10-14)15(17)16(18)20-11-12-5-3-2-4-6-12/h2-10H,11H2,1H3. The Bertz CT molecular complexity index is 591. The molecule has 2 rings (SSSR count). The third kappa shape index (κ3) is 3.71. The Morgan fingerprint density at radius 1 is 1.00 bits per heavy atom. The average molecular weight is 286 g/mol. The van der Waals surface area contributed by atoms with Gasteiger partial charge in [-0.05, 0) is 29.8 Å². The van der Waals surface area contributed by atoms with Gasteiger partial charge in [-0.25, -0.2) is 0 Å². The number of methoxy groups -OCH3 is 1. The number of hydrogen-bond acceptors (Lipinski definition) is 4. The molecule has 0 N–H and O–H groups in total. The summed E-state index contributed by atoms with van der Waals surface area (Å²) in [5.41, 5.74) is 1.41. The van der Waals surface area contributed by atoms with Crippen LogP contribution in [-0.4, -0.2) is 18.0 Å². The normalized spacial score (nSPS) is 10.1. The summed E-state index contributed by atoms with van der Waals surface area (Å²) in [6, 6.07) is 16.1. The quantitative estimate of drug-likeness (QED) is 0.624. The highest BCUT2D eigenvalue weighted by Gasteiger charge is 2.16. The molecule has 2 aromatic carbocycles. The third-order valence-electron chi connectivity index (χ3n) is 2.75. The van der Waals surface area contributed by atoms with Gasteiger partial charge in [-0.2, -0.15) is 0 Å². The van der Waals surface area contributed by atoms with E-state index in [-0.39, 0.29) is 0 Å². The summed E-state index contributed by atoms with van der Waals surface area (Å²) in [5, 5.41) is -0.445. The Hall–Kier alpha value is -2.07. The van der Waals surface area contributed by atoms with Crippen LogP contribution in [0.25, 0.3) is 0 Å². The van der Waals surface area contributed by atoms with Gasteiger partial charge < -0.3 is 4.74 Å². The number of carbonyl (C=O) groups excluding carboxylic acids is 2. The zero-order valence-electron chi connectivity index (χ0n) is 11.0. The number of carbonyl (C=O) groups is 2. The van der Waals surface area contributed by atoms with Crippen LogP contribution >= 0.6 is 11.8 Å². The van der Waals surface area contributed by atoms with Gasteiger partial charge in [0.05, 0.1) is 7.11 Å². The molecule has 0 aliphatic heterocycles. The maximum atomic E-state index is 12.0. The van der Waals surface area contributed by atoms with E-state index < -0.39 is 10.9 Å². The van der Waals surface area contributed by atoms with Crippen molar-refractivity contribution in [1.82, 2.24) is 0 Å². The SMILES string of the molecule is COc1ccc(C(=O)C(=O)SCc2ccccc2)cc1. The summed E-state index contributed by atoms with van der Waals surface area (Å²) < 4.78 is 5.01. The number of rotatable bonds is 5. The second kappa shape index (κ2) is 6.91. The van der Waals surface area contributed by atoms with Crippen molar-refractivity contribution in [3.8, 4) is 5.75 Å². The van der Waals surface area contributed by atoms with Gasteiger partial charge in [0.2, 0.25) is 5.78 Å². The Balaban J connectivity index is 1.96. The van der Waals surface area contributed by atoms with Crippen LogP contribution in [0, 0.1) is 0 Å². The monoisotopic (exact) mass is 286 g/mol. The molecule has 0 aliphatic rings. The van der Waals surface area contributed by atoms with E-state index in [9.17, 15) is 9.59 Å². The van der Waals surface area contributed by atoms with Crippen LogP contribution < -0.4 is 4.74 Å². The topological polar surface area (TPSA) is 43.4 Å². The van der Waals surface area contributed by atoms with Crippen molar-refractivity contribution >= 4 is 22.7 Å². The van der Waals surface area contributed by atoms with E-state index in [0.717, 1.165) is 17.3 Å². The molecular weight excluding hydrogens is 272 g/mol. The molecule has 0 atom stereocenters. The van der Waals surface area contributed by atoms with Crippen molar-refractivity contribution in [3.63, 3.8) is 0 Å².